The molecule has 0 aliphatic carbocycles. The topological polar surface area (TPSA) is 237 Å². The molecule has 0 bridgehead atoms. The van der Waals surface area contributed by atoms with Crippen LogP contribution in [0, 0.1) is 11.8 Å². The van der Waals surface area contributed by atoms with Gasteiger partial charge in [0.2, 0.25) is 0 Å². The van der Waals surface area contributed by atoms with Gasteiger partial charge in [-0.05, 0) is 37.5 Å². The molecule has 504 valence electrons. The monoisotopic (exact) mass is 1250 g/mol. The maximum atomic E-state index is 13.0. The molecule has 7 atom stereocenters. The minimum absolute atomic E-state index is 0.103. The standard InChI is InChI=1S/C66H128O17P2/c1-7-11-13-15-17-19-20-21-26-30-37-43-49-64(69)77-54-61(82-65(70)50-44-38-31-27-23-22-25-28-34-40-46-58(5)9-3)56-80-84(72,73)78-52-60(67)53-79-85(74,75)81-57-62(55-76-63(68)48-42-36-29-24-18-16-14-12-8-2)83-66(71)51-45-39-33-32-35-41-47-59(6)10-4/h58-62,67H,7-57H2,1-6H3,(H,72,73)(H,74,75)/t58?,59?,60-,61-,62-/m1/s1. The van der Waals surface area contributed by atoms with Gasteiger partial charge in [0.15, 0.2) is 12.2 Å². The number of hydrogen-bond acceptors (Lipinski definition) is 15. The van der Waals surface area contributed by atoms with E-state index in [2.05, 4.69) is 41.5 Å². The number of aliphatic hydroxyl groups is 1. The van der Waals surface area contributed by atoms with Crippen LogP contribution in [0.15, 0.2) is 0 Å². The Bertz CT molecular complexity index is 1670. The van der Waals surface area contributed by atoms with E-state index in [9.17, 15) is 43.2 Å². The molecule has 0 saturated heterocycles. The predicted octanol–water partition coefficient (Wildman–Crippen LogP) is 18.4. The van der Waals surface area contributed by atoms with Crippen LogP contribution in [0.2, 0.25) is 0 Å². The second-order valence-corrected chi connectivity index (χ2v) is 27.2. The highest BCUT2D eigenvalue weighted by Crippen LogP contribution is 2.45. The lowest BCUT2D eigenvalue weighted by molar-refractivity contribution is -0.161. The molecule has 0 aromatic heterocycles. The third-order valence-corrected chi connectivity index (χ3v) is 17.8. The number of carbonyl (C=O) groups is 4. The number of esters is 4. The first-order valence-electron chi connectivity index (χ1n) is 34.6. The number of unbranched alkanes of at least 4 members (excludes halogenated alkanes) is 33. The molecule has 4 unspecified atom stereocenters. The summed E-state index contributed by atoms with van der Waals surface area (Å²) in [7, 11) is -9.89. The molecule has 17 nitrogen and oxygen atoms in total. The summed E-state index contributed by atoms with van der Waals surface area (Å²) in [6.07, 6.45) is 41.6. The summed E-state index contributed by atoms with van der Waals surface area (Å²) in [5.74, 6) is -0.609. The normalized spacial score (nSPS) is 14.9. The summed E-state index contributed by atoms with van der Waals surface area (Å²) in [5, 5.41) is 10.5. The zero-order valence-electron chi connectivity index (χ0n) is 54.9. The molecule has 0 heterocycles. The molecule has 0 amide bonds. The Kier molecular flexibility index (Phi) is 57.1. The highest BCUT2D eigenvalue weighted by molar-refractivity contribution is 7.47. The van der Waals surface area contributed by atoms with E-state index in [0.29, 0.717) is 25.7 Å². The average molecular weight is 1260 g/mol. The first-order chi connectivity index (χ1) is 40.9. The number of rotatable bonds is 65. The molecule has 0 aromatic rings. The summed E-state index contributed by atoms with van der Waals surface area (Å²) < 4.78 is 68.1. The number of aliphatic hydroxyl groups excluding tert-OH is 1. The van der Waals surface area contributed by atoms with Crippen LogP contribution >= 0.6 is 15.6 Å². The molecule has 0 radical (unpaired) electrons. The number of carbonyl (C=O) groups excluding carboxylic acids is 4. The van der Waals surface area contributed by atoms with Crippen molar-refractivity contribution in [1.82, 2.24) is 0 Å². The Morgan fingerprint density at radius 2 is 0.565 bits per heavy atom. The SMILES string of the molecule is CCCCCCCCCCCCCCC(=O)OC[C@H](COP(=O)(O)OC[C@@H](O)COP(=O)(O)OC[C@@H](COC(=O)CCCCCCCCCCC)OC(=O)CCCCCCCCC(C)CC)OC(=O)CCCCCCCCCCCCC(C)CC. The highest BCUT2D eigenvalue weighted by atomic mass is 31.2. The van der Waals surface area contributed by atoms with E-state index in [-0.39, 0.29) is 25.7 Å². The van der Waals surface area contributed by atoms with Crippen molar-refractivity contribution in [2.75, 3.05) is 39.6 Å². The molecule has 0 aliphatic heterocycles. The minimum Gasteiger partial charge on any atom is -0.462 e. The van der Waals surface area contributed by atoms with Gasteiger partial charge in [-0.1, -0.05) is 279 Å². The van der Waals surface area contributed by atoms with Crippen LogP contribution in [0.4, 0.5) is 0 Å². The van der Waals surface area contributed by atoms with Crippen LogP contribution in [-0.4, -0.2) is 96.7 Å². The molecule has 19 heteroatoms. The number of ether oxygens (including phenoxy) is 4. The lowest BCUT2D eigenvalue weighted by Crippen LogP contribution is -2.30. The van der Waals surface area contributed by atoms with E-state index in [1.54, 1.807) is 0 Å². The lowest BCUT2D eigenvalue weighted by atomic mass is 9.99. The van der Waals surface area contributed by atoms with Crippen molar-refractivity contribution in [3.8, 4) is 0 Å². The van der Waals surface area contributed by atoms with Crippen LogP contribution in [-0.2, 0) is 65.4 Å². The lowest BCUT2D eigenvalue weighted by Gasteiger charge is -2.21. The Balaban J connectivity index is 5.25. The molecule has 3 N–H and O–H groups in total. The van der Waals surface area contributed by atoms with Gasteiger partial charge in [-0.2, -0.15) is 0 Å². The quantitative estimate of drug-likeness (QED) is 0.0222. The fourth-order valence-electron chi connectivity index (χ4n) is 9.82. The molecular weight excluding hydrogens is 1130 g/mol. The number of phosphoric acid groups is 2. The van der Waals surface area contributed by atoms with Gasteiger partial charge in [-0.25, -0.2) is 9.13 Å². The fraction of sp³-hybridized carbons (Fsp3) is 0.939. The average Bonchev–Trinajstić information content (AvgIpc) is 3.57. The summed E-state index contributed by atoms with van der Waals surface area (Å²) >= 11 is 0. The molecule has 0 aromatic carbocycles. The van der Waals surface area contributed by atoms with Crippen molar-refractivity contribution < 1.29 is 80.2 Å². The summed E-state index contributed by atoms with van der Waals surface area (Å²) in [5.41, 5.74) is 0. The van der Waals surface area contributed by atoms with Gasteiger partial charge in [-0.3, -0.25) is 37.3 Å². The second-order valence-electron chi connectivity index (χ2n) is 24.3. The van der Waals surface area contributed by atoms with Crippen molar-refractivity contribution >= 4 is 39.5 Å². The fourth-order valence-corrected chi connectivity index (χ4v) is 11.4. The summed E-state index contributed by atoms with van der Waals surface area (Å²) in [6, 6.07) is 0. The van der Waals surface area contributed by atoms with Crippen molar-refractivity contribution in [1.29, 1.82) is 0 Å². The Morgan fingerprint density at radius 3 is 0.835 bits per heavy atom. The maximum absolute atomic E-state index is 13.0. The zero-order chi connectivity index (χ0) is 62.9. The Morgan fingerprint density at radius 1 is 0.329 bits per heavy atom. The number of hydrogen-bond donors (Lipinski definition) is 3. The molecular formula is C66H128O17P2. The molecule has 0 aliphatic rings. The van der Waals surface area contributed by atoms with Gasteiger partial charge in [0.1, 0.15) is 19.3 Å². The van der Waals surface area contributed by atoms with Crippen LogP contribution in [0.25, 0.3) is 0 Å². The van der Waals surface area contributed by atoms with E-state index in [4.69, 9.17) is 37.0 Å². The zero-order valence-corrected chi connectivity index (χ0v) is 56.7. The van der Waals surface area contributed by atoms with Crippen molar-refractivity contribution in [3.63, 3.8) is 0 Å². The van der Waals surface area contributed by atoms with E-state index < -0.39 is 97.5 Å². The largest absolute Gasteiger partial charge is 0.472 e. The van der Waals surface area contributed by atoms with E-state index >= 15 is 0 Å². The molecule has 0 saturated carbocycles. The van der Waals surface area contributed by atoms with Gasteiger partial charge in [0.05, 0.1) is 26.4 Å². The molecule has 0 spiro atoms. The number of phosphoric ester groups is 2. The molecule has 0 rings (SSSR count). The van der Waals surface area contributed by atoms with Crippen LogP contribution in [0.3, 0.4) is 0 Å². The second kappa shape index (κ2) is 58.4. The third-order valence-electron chi connectivity index (χ3n) is 15.9. The van der Waals surface area contributed by atoms with Crippen molar-refractivity contribution in [2.45, 2.75) is 349 Å². The van der Waals surface area contributed by atoms with E-state index in [1.165, 1.54) is 148 Å². The first kappa shape index (κ1) is 83.1. The van der Waals surface area contributed by atoms with Crippen molar-refractivity contribution in [2.24, 2.45) is 11.8 Å². The first-order valence-corrected chi connectivity index (χ1v) is 37.6. The summed E-state index contributed by atoms with van der Waals surface area (Å²) in [4.78, 5) is 72.3. The maximum Gasteiger partial charge on any atom is 0.472 e. The van der Waals surface area contributed by atoms with Gasteiger partial charge in [0, 0.05) is 25.7 Å². The molecule has 0 fully saturated rings. The van der Waals surface area contributed by atoms with Gasteiger partial charge < -0.3 is 33.8 Å². The van der Waals surface area contributed by atoms with Crippen molar-refractivity contribution in [3.05, 3.63) is 0 Å². The van der Waals surface area contributed by atoms with E-state index in [0.717, 1.165) is 102 Å². The van der Waals surface area contributed by atoms with Crippen LogP contribution in [0.1, 0.15) is 330 Å². The smallest absolute Gasteiger partial charge is 0.462 e. The minimum atomic E-state index is -4.95. The summed E-state index contributed by atoms with van der Waals surface area (Å²) in [6.45, 7) is 9.47. The van der Waals surface area contributed by atoms with Gasteiger partial charge >= 0.3 is 39.5 Å². The predicted molar refractivity (Wildman–Crippen MR) is 340 cm³/mol. The third kappa shape index (κ3) is 58.2. The van der Waals surface area contributed by atoms with Crippen LogP contribution < -0.4 is 0 Å². The Labute approximate surface area is 517 Å². The van der Waals surface area contributed by atoms with Gasteiger partial charge in [-0.15, -0.1) is 0 Å². The highest BCUT2D eigenvalue weighted by Gasteiger charge is 2.30. The van der Waals surface area contributed by atoms with E-state index in [1.807, 2.05) is 0 Å². The van der Waals surface area contributed by atoms with Gasteiger partial charge in [0.25, 0.3) is 0 Å². The van der Waals surface area contributed by atoms with Crippen LogP contribution in [0.5, 0.6) is 0 Å². The molecule has 85 heavy (non-hydrogen) atoms. The Hall–Kier alpha value is -1.94.